The smallest absolute Gasteiger partial charge is 0.408 e. The molecule has 0 aliphatic rings. The zero-order valence-electron chi connectivity index (χ0n) is 17.9. The second-order valence-corrected chi connectivity index (χ2v) is 8.24. The molecule has 0 radical (unpaired) electrons. The van der Waals surface area contributed by atoms with Crippen molar-refractivity contribution >= 4 is 12.1 Å². The normalized spacial score (nSPS) is 13.6. The molecule has 0 saturated heterocycles. The number of hydrogen-bond donors (Lipinski definition) is 1. The van der Waals surface area contributed by atoms with Crippen molar-refractivity contribution < 1.29 is 19.1 Å². The summed E-state index contributed by atoms with van der Waals surface area (Å²) < 4.78 is 12.3. The summed E-state index contributed by atoms with van der Waals surface area (Å²) in [6, 6.07) is 8.33. The van der Waals surface area contributed by atoms with Crippen LogP contribution in [0.15, 0.2) is 36.5 Å². The molecule has 1 aromatic carbocycles. The third-order valence-electron chi connectivity index (χ3n) is 4.19. The van der Waals surface area contributed by atoms with Crippen LogP contribution in [0.25, 0.3) is 0 Å². The third-order valence-corrected chi connectivity index (χ3v) is 4.19. The van der Waals surface area contributed by atoms with Crippen molar-refractivity contribution in [2.45, 2.75) is 65.8 Å². The van der Waals surface area contributed by atoms with E-state index in [4.69, 9.17) is 9.47 Å². The number of aromatic nitrogens is 3. The quantitative estimate of drug-likeness (QED) is 0.708. The van der Waals surface area contributed by atoms with Crippen LogP contribution < -0.4 is 5.32 Å². The van der Waals surface area contributed by atoms with Gasteiger partial charge in [0.2, 0.25) is 0 Å². The lowest BCUT2D eigenvalue weighted by Gasteiger charge is -2.26. The van der Waals surface area contributed by atoms with E-state index in [1.54, 1.807) is 33.9 Å². The fraction of sp³-hybridized carbons (Fsp3) is 0.524. The highest BCUT2D eigenvalue weighted by molar-refractivity contribution is 5.74. The van der Waals surface area contributed by atoms with Gasteiger partial charge in [-0.25, -0.2) is 14.3 Å². The maximum absolute atomic E-state index is 12.5. The van der Waals surface area contributed by atoms with Gasteiger partial charge in [0.15, 0.2) is 0 Å². The van der Waals surface area contributed by atoms with Gasteiger partial charge in [-0.2, -0.15) is 0 Å². The number of nitrogens with one attached hydrogen (secondary N) is 1. The number of benzene rings is 1. The lowest BCUT2D eigenvalue weighted by Crippen LogP contribution is -2.38. The van der Waals surface area contributed by atoms with Gasteiger partial charge in [0, 0.05) is 0 Å². The Kier molecular flexibility index (Phi) is 7.36. The van der Waals surface area contributed by atoms with Crippen molar-refractivity contribution in [3.63, 3.8) is 0 Å². The predicted molar refractivity (Wildman–Crippen MR) is 108 cm³/mol. The Morgan fingerprint density at radius 2 is 1.79 bits per heavy atom. The molecule has 158 valence electrons. The van der Waals surface area contributed by atoms with Gasteiger partial charge < -0.3 is 14.8 Å². The molecule has 0 aliphatic carbocycles. The molecular formula is C21H30N4O4. The van der Waals surface area contributed by atoms with Crippen LogP contribution in [-0.2, 0) is 20.9 Å². The Labute approximate surface area is 171 Å². The fourth-order valence-electron chi connectivity index (χ4n) is 2.74. The van der Waals surface area contributed by atoms with E-state index >= 15 is 0 Å². The van der Waals surface area contributed by atoms with Crippen molar-refractivity contribution in [3.8, 4) is 0 Å². The number of hydrogen-bond acceptors (Lipinski definition) is 6. The molecule has 0 bridgehead atoms. The zero-order chi connectivity index (χ0) is 21.6. The minimum absolute atomic E-state index is 0.0207. The molecule has 1 amide bonds. The average molecular weight is 402 g/mol. The first-order valence-corrected chi connectivity index (χ1v) is 9.68. The molecule has 8 heteroatoms. The Balaban J connectivity index is 2.11. The second kappa shape index (κ2) is 9.54. The van der Waals surface area contributed by atoms with E-state index in [2.05, 4.69) is 15.6 Å². The van der Waals surface area contributed by atoms with Crippen LogP contribution in [0.4, 0.5) is 4.79 Å². The highest BCUT2D eigenvalue weighted by Crippen LogP contribution is 2.24. The summed E-state index contributed by atoms with van der Waals surface area (Å²) in [5.41, 5.74) is 0.895. The Hall–Kier alpha value is -2.90. The van der Waals surface area contributed by atoms with Crippen LogP contribution in [0.3, 0.4) is 0 Å². The van der Waals surface area contributed by atoms with Crippen molar-refractivity contribution in [3.05, 3.63) is 47.8 Å². The van der Waals surface area contributed by atoms with Gasteiger partial charge in [-0.3, -0.25) is 0 Å². The molecule has 0 spiro atoms. The summed E-state index contributed by atoms with van der Waals surface area (Å²) >= 11 is 0. The summed E-state index contributed by atoms with van der Waals surface area (Å²) in [4.78, 5) is 24.8. The minimum atomic E-state index is -0.696. The van der Waals surface area contributed by atoms with E-state index < -0.39 is 29.7 Å². The molecule has 1 heterocycles. The lowest BCUT2D eigenvalue weighted by atomic mass is 10.0. The van der Waals surface area contributed by atoms with Gasteiger partial charge >= 0.3 is 12.1 Å². The molecule has 0 fully saturated rings. The summed E-state index contributed by atoms with van der Waals surface area (Å²) in [7, 11) is 0. The molecule has 2 rings (SSSR count). The summed E-state index contributed by atoms with van der Waals surface area (Å²) in [5, 5.41) is 10.8. The highest BCUT2D eigenvalue weighted by Gasteiger charge is 2.29. The average Bonchev–Trinajstić information content (AvgIpc) is 3.12. The maximum Gasteiger partial charge on any atom is 0.408 e. The minimum Gasteiger partial charge on any atom is -0.459 e. The number of rotatable bonds is 7. The number of esters is 1. The third kappa shape index (κ3) is 6.58. The number of amides is 1. The molecule has 0 aliphatic heterocycles. The largest absolute Gasteiger partial charge is 0.459 e. The molecule has 2 atom stereocenters. The Bertz CT molecular complexity index is 812. The van der Waals surface area contributed by atoms with Gasteiger partial charge in [-0.15, -0.1) is 5.10 Å². The molecular weight excluding hydrogens is 372 g/mol. The van der Waals surface area contributed by atoms with Crippen molar-refractivity contribution in [1.82, 2.24) is 20.3 Å². The highest BCUT2D eigenvalue weighted by atomic mass is 16.6. The van der Waals surface area contributed by atoms with Gasteiger partial charge in [0.1, 0.15) is 18.2 Å². The number of nitrogens with zero attached hydrogens (tertiary/aromatic N) is 3. The Morgan fingerprint density at radius 1 is 1.14 bits per heavy atom. The Morgan fingerprint density at radius 3 is 2.38 bits per heavy atom. The fourth-order valence-corrected chi connectivity index (χ4v) is 2.74. The number of ether oxygens (including phenoxy) is 2. The first-order chi connectivity index (χ1) is 13.6. The lowest BCUT2D eigenvalue weighted by molar-refractivity contribution is -0.148. The molecule has 29 heavy (non-hydrogen) atoms. The molecule has 2 aromatic rings. The first-order valence-electron chi connectivity index (χ1n) is 9.68. The van der Waals surface area contributed by atoms with E-state index in [0.717, 1.165) is 5.56 Å². The SMILES string of the molecule is CC(C)[C@H](NC(=O)OC(C)(C)C)c1cnnn1[C@@H](C)C(=O)OCc1ccccc1. The van der Waals surface area contributed by atoms with Crippen molar-refractivity contribution in [1.29, 1.82) is 0 Å². The summed E-state index contributed by atoms with van der Waals surface area (Å²) in [6.07, 6.45) is 1.01. The molecule has 1 aromatic heterocycles. The van der Waals surface area contributed by atoms with Crippen LogP contribution in [0.5, 0.6) is 0 Å². The van der Waals surface area contributed by atoms with Crippen LogP contribution in [-0.4, -0.2) is 32.7 Å². The topological polar surface area (TPSA) is 95.3 Å². The zero-order valence-corrected chi connectivity index (χ0v) is 17.9. The maximum atomic E-state index is 12.5. The summed E-state index contributed by atoms with van der Waals surface area (Å²) in [5.74, 6) is -0.410. The second-order valence-electron chi connectivity index (χ2n) is 8.24. The number of carbonyl (C=O) groups excluding carboxylic acids is 2. The molecule has 1 N–H and O–H groups in total. The van der Waals surface area contributed by atoms with E-state index in [-0.39, 0.29) is 12.5 Å². The van der Waals surface area contributed by atoms with Crippen molar-refractivity contribution in [2.24, 2.45) is 5.92 Å². The van der Waals surface area contributed by atoms with E-state index in [1.807, 2.05) is 44.2 Å². The number of carbonyl (C=O) groups is 2. The number of alkyl carbamates (subject to hydrolysis) is 1. The van der Waals surface area contributed by atoms with Gasteiger partial charge in [-0.1, -0.05) is 49.4 Å². The van der Waals surface area contributed by atoms with Gasteiger partial charge in [0.05, 0.1) is 17.9 Å². The van der Waals surface area contributed by atoms with Crippen LogP contribution >= 0.6 is 0 Å². The van der Waals surface area contributed by atoms with Gasteiger partial charge in [-0.05, 0) is 39.2 Å². The van der Waals surface area contributed by atoms with Crippen LogP contribution in [0, 0.1) is 5.92 Å². The monoisotopic (exact) mass is 402 g/mol. The molecule has 0 unspecified atom stereocenters. The van der Waals surface area contributed by atoms with Crippen LogP contribution in [0.2, 0.25) is 0 Å². The molecule has 0 saturated carbocycles. The summed E-state index contributed by atoms with van der Waals surface area (Å²) in [6.45, 7) is 11.2. The first kappa shape index (κ1) is 22.4. The van der Waals surface area contributed by atoms with Crippen molar-refractivity contribution in [2.75, 3.05) is 0 Å². The standard InChI is InChI=1S/C21H30N4O4/c1-14(2)18(23-20(27)29-21(4,5)6)17-12-22-24-25(17)15(3)19(26)28-13-16-10-8-7-9-11-16/h7-12,14-15,18H,13H2,1-6H3,(H,23,27)/t15-,18-/m0/s1. The van der Waals surface area contributed by atoms with Crippen LogP contribution in [0.1, 0.15) is 64.9 Å². The predicted octanol–water partition coefficient (Wildman–Crippen LogP) is 3.80. The molecule has 8 nitrogen and oxygen atoms in total. The van der Waals surface area contributed by atoms with Gasteiger partial charge in [0.25, 0.3) is 0 Å². The van der Waals surface area contributed by atoms with E-state index in [1.165, 1.54) is 4.68 Å². The van der Waals surface area contributed by atoms with E-state index in [9.17, 15) is 9.59 Å². The van der Waals surface area contributed by atoms with E-state index in [0.29, 0.717) is 5.69 Å².